The van der Waals surface area contributed by atoms with Gasteiger partial charge in [-0.2, -0.15) is 30.7 Å². The normalized spacial score (nSPS) is 15.2. The summed E-state index contributed by atoms with van der Waals surface area (Å²) < 4.78 is 109. The first kappa shape index (κ1) is 16.5. The Morgan fingerprint density at radius 2 is 1.18 bits per heavy atom. The Kier molecular flexibility index (Phi) is 4.54. The molecule has 0 spiro atoms. The van der Waals surface area contributed by atoms with Gasteiger partial charge in [0.25, 0.3) is 0 Å². The summed E-state index contributed by atoms with van der Waals surface area (Å²) in [5.74, 6) is -11.6. The average Bonchev–Trinajstić information content (AvgIpc) is 2.13. The smallest absolute Gasteiger partial charge is 0.389 e. The van der Waals surface area contributed by atoms with E-state index in [1.807, 2.05) is 0 Å². The van der Waals surface area contributed by atoms with Gasteiger partial charge in [0, 0.05) is 12.8 Å². The molecular formula is C6H5F9OSi. The van der Waals surface area contributed by atoms with Gasteiger partial charge in [-0.25, -0.2) is 8.78 Å². The maximum absolute atomic E-state index is 12.6. The largest absolute Gasteiger partial charge is 0.427 e. The third kappa shape index (κ3) is 3.76. The van der Waals surface area contributed by atoms with Crippen molar-refractivity contribution < 1.29 is 44.3 Å². The minimum absolute atomic E-state index is 2.33. The minimum atomic E-state index is -6.04. The van der Waals surface area contributed by atoms with Gasteiger partial charge in [-0.3, -0.25) is 0 Å². The molecule has 0 bridgehead atoms. The number of alkyl halides is 9. The molecular weight excluding hydrogens is 287 g/mol. The predicted molar refractivity (Wildman–Crippen MR) is 38.1 cm³/mol. The van der Waals surface area contributed by atoms with Gasteiger partial charge in [0.15, 0.2) is 0 Å². The van der Waals surface area contributed by atoms with Gasteiger partial charge in [-0.1, -0.05) is 0 Å². The molecule has 1 nitrogen and oxygen atoms in total. The Morgan fingerprint density at radius 1 is 0.765 bits per heavy atom. The summed E-state index contributed by atoms with van der Waals surface area (Å²) in [5.41, 5.74) is -5.47. The van der Waals surface area contributed by atoms with Crippen LogP contribution in [-0.4, -0.2) is 38.1 Å². The fourth-order valence-electron chi connectivity index (χ4n) is 0.756. The van der Waals surface area contributed by atoms with Crippen LogP contribution in [0.15, 0.2) is 0 Å². The van der Waals surface area contributed by atoms with Crippen molar-refractivity contribution in [3.05, 3.63) is 0 Å². The second-order valence-electron chi connectivity index (χ2n) is 3.08. The zero-order valence-electron chi connectivity index (χ0n) is 7.76. The molecule has 0 aliphatic heterocycles. The van der Waals surface area contributed by atoms with Gasteiger partial charge in [0.1, 0.15) is 0 Å². The first-order valence-electron chi connectivity index (χ1n) is 3.88. The van der Waals surface area contributed by atoms with Crippen molar-refractivity contribution in [2.45, 2.75) is 36.4 Å². The number of halogens is 9. The number of hydrogen-bond donors (Lipinski definition) is 1. The molecule has 0 rings (SSSR count). The van der Waals surface area contributed by atoms with E-state index in [9.17, 15) is 39.5 Å². The molecule has 17 heavy (non-hydrogen) atoms. The summed E-state index contributed by atoms with van der Waals surface area (Å²) in [6.07, 6.45) is -9.99. The highest BCUT2D eigenvalue weighted by Crippen LogP contribution is 2.48. The SMILES string of the molecule is O[Si]C(F)(F)C(F)(F)C(F)(F)CCC(F)(F)F. The van der Waals surface area contributed by atoms with Crippen molar-refractivity contribution >= 4 is 9.76 Å². The lowest BCUT2D eigenvalue weighted by molar-refractivity contribution is -0.290. The van der Waals surface area contributed by atoms with Crippen LogP contribution in [0.3, 0.4) is 0 Å². The molecule has 0 amide bonds. The predicted octanol–water partition coefficient (Wildman–Crippen LogP) is 2.80. The molecule has 11 heteroatoms. The lowest BCUT2D eigenvalue weighted by Gasteiger charge is -2.31. The summed E-state index contributed by atoms with van der Waals surface area (Å²) >= 11 is 0. The molecule has 0 aliphatic carbocycles. The molecule has 0 saturated carbocycles. The third-order valence-corrected chi connectivity index (χ3v) is 2.31. The van der Waals surface area contributed by atoms with Crippen LogP contribution >= 0.6 is 0 Å². The van der Waals surface area contributed by atoms with E-state index in [1.165, 1.54) is 0 Å². The van der Waals surface area contributed by atoms with E-state index in [-0.39, 0.29) is 0 Å². The fraction of sp³-hybridized carbons (Fsp3) is 1.00. The van der Waals surface area contributed by atoms with Crippen LogP contribution < -0.4 is 0 Å². The lowest BCUT2D eigenvalue weighted by Crippen LogP contribution is -2.57. The first-order valence-corrected chi connectivity index (χ1v) is 4.83. The van der Waals surface area contributed by atoms with Gasteiger partial charge in [0.2, 0.25) is 0 Å². The highest BCUT2D eigenvalue weighted by atomic mass is 28.2. The van der Waals surface area contributed by atoms with Crippen molar-refractivity contribution in [3.63, 3.8) is 0 Å². The lowest BCUT2D eigenvalue weighted by atomic mass is 10.1. The summed E-state index contributed by atoms with van der Waals surface area (Å²) in [4.78, 5) is 7.86. The number of rotatable bonds is 5. The van der Waals surface area contributed by atoms with Crippen molar-refractivity contribution in [2.24, 2.45) is 0 Å². The highest BCUT2D eigenvalue weighted by molar-refractivity contribution is 6.29. The average molecular weight is 292 g/mol. The molecule has 0 saturated heterocycles. The fourth-order valence-corrected chi connectivity index (χ4v) is 1.08. The van der Waals surface area contributed by atoms with Gasteiger partial charge in [-0.05, 0) is 0 Å². The molecule has 1 N–H and O–H groups in total. The van der Waals surface area contributed by atoms with Crippen LogP contribution in [0.5, 0.6) is 0 Å². The summed E-state index contributed by atoms with van der Waals surface area (Å²) in [5, 5.41) is 0. The van der Waals surface area contributed by atoms with E-state index in [2.05, 4.69) is 0 Å². The van der Waals surface area contributed by atoms with Crippen LogP contribution in [0.2, 0.25) is 0 Å². The van der Waals surface area contributed by atoms with Crippen molar-refractivity contribution in [1.29, 1.82) is 0 Å². The van der Waals surface area contributed by atoms with Crippen LogP contribution in [0.25, 0.3) is 0 Å². The molecule has 0 unspecified atom stereocenters. The molecule has 0 aromatic carbocycles. The molecule has 0 atom stereocenters. The van der Waals surface area contributed by atoms with Crippen LogP contribution in [0.1, 0.15) is 12.8 Å². The Morgan fingerprint density at radius 3 is 1.47 bits per heavy atom. The van der Waals surface area contributed by atoms with E-state index in [4.69, 9.17) is 4.80 Å². The minimum Gasteiger partial charge on any atom is -0.427 e. The maximum Gasteiger partial charge on any atom is 0.389 e. The zero-order chi connectivity index (χ0) is 14.1. The highest BCUT2D eigenvalue weighted by Gasteiger charge is 2.71. The number of hydrogen-bond acceptors (Lipinski definition) is 1. The van der Waals surface area contributed by atoms with Crippen molar-refractivity contribution in [1.82, 2.24) is 0 Å². The zero-order valence-corrected chi connectivity index (χ0v) is 8.76. The van der Waals surface area contributed by atoms with Gasteiger partial charge < -0.3 is 4.80 Å². The molecule has 2 radical (unpaired) electrons. The summed E-state index contributed by atoms with van der Waals surface area (Å²) in [6.45, 7) is 0. The second-order valence-corrected chi connectivity index (χ2v) is 3.93. The van der Waals surface area contributed by atoms with Crippen molar-refractivity contribution in [3.8, 4) is 0 Å². The van der Waals surface area contributed by atoms with Gasteiger partial charge in [-0.15, -0.1) is 0 Å². The van der Waals surface area contributed by atoms with Gasteiger partial charge in [0.05, 0.1) is 0 Å². The standard InChI is InChI=1S/C6H5F9OSi/c7-3(8,1-2-4(9,10)11)5(12,13)6(14,15)17-16/h16H,1-2H2. The molecule has 0 fully saturated rings. The Labute approximate surface area is 91.5 Å². The molecule has 0 aromatic rings. The van der Waals surface area contributed by atoms with Crippen LogP contribution in [0, 0.1) is 0 Å². The quantitative estimate of drug-likeness (QED) is 0.610. The van der Waals surface area contributed by atoms with E-state index in [1.54, 1.807) is 0 Å². The molecule has 0 heterocycles. The molecule has 0 aliphatic rings. The molecule has 102 valence electrons. The first-order chi connectivity index (χ1) is 7.27. The Hall–Kier alpha value is -0.453. The second kappa shape index (κ2) is 4.67. The van der Waals surface area contributed by atoms with E-state index in [0.29, 0.717) is 0 Å². The van der Waals surface area contributed by atoms with E-state index >= 15 is 0 Å². The van der Waals surface area contributed by atoms with E-state index < -0.39 is 46.2 Å². The van der Waals surface area contributed by atoms with Gasteiger partial charge >= 0.3 is 33.3 Å². The Balaban J connectivity index is 4.92. The summed E-state index contributed by atoms with van der Waals surface area (Å²) in [6, 6.07) is 0. The van der Waals surface area contributed by atoms with E-state index in [0.717, 1.165) is 0 Å². The third-order valence-electron chi connectivity index (χ3n) is 1.72. The van der Waals surface area contributed by atoms with Crippen molar-refractivity contribution in [2.75, 3.05) is 0 Å². The topological polar surface area (TPSA) is 20.2 Å². The maximum atomic E-state index is 12.6. The monoisotopic (exact) mass is 292 g/mol. The summed E-state index contributed by atoms with van der Waals surface area (Å²) in [7, 11) is -2.84. The van der Waals surface area contributed by atoms with Crippen LogP contribution in [0.4, 0.5) is 39.5 Å². The van der Waals surface area contributed by atoms with Crippen LogP contribution in [-0.2, 0) is 0 Å². The molecule has 0 aromatic heterocycles. The Bertz CT molecular complexity index is 261.